The van der Waals surface area contributed by atoms with Gasteiger partial charge in [-0.2, -0.15) is 0 Å². The number of nitrogens with one attached hydrogen (secondary N) is 1. The van der Waals surface area contributed by atoms with Crippen molar-refractivity contribution >= 4 is 0 Å². The van der Waals surface area contributed by atoms with Crippen molar-refractivity contribution in [1.82, 2.24) is 10.2 Å². The molecule has 1 aromatic rings. The first kappa shape index (κ1) is 11.2. The quantitative estimate of drug-likeness (QED) is 0.855. The van der Waals surface area contributed by atoms with E-state index in [2.05, 4.69) is 47.6 Å². The molecule has 1 heterocycles. The first-order valence-corrected chi connectivity index (χ1v) is 6.80. The fraction of sp³-hybridized carbons (Fsp3) is 0.600. The van der Waals surface area contributed by atoms with E-state index in [-0.39, 0.29) is 0 Å². The smallest absolute Gasteiger partial charge is 0.0233 e. The molecule has 3 unspecified atom stereocenters. The summed E-state index contributed by atoms with van der Waals surface area (Å²) in [6, 6.07) is 11.6. The van der Waals surface area contributed by atoms with E-state index in [0.29, 0.717) is 0 Å². The van der Waals surface area contributed by atoms with E-state index in [1.807, 2.05) is 0 Å². The molecule has 17 heavy (non-hydrogen) atoms. The lowest BCUT2D eigenvalue weighted by Gasteiger charge is -2.20. The summed E-state index contributed by atoms with van der Waals surface area (Å²) in [6.07, 6.45) is 2.80. The van der Waals surface area contributed by atoms with E-state index in [9.17, 15) is 0 Å². The molecule has 2 aliphatic rings. The second-order valence-corrected chi connectivity index (χ2v) is 5.58. The van der Waals surface area contributed by atoms with Gasteiger partial charge >= 0.3 is 0 Å². The average Bonchev–Trinajstić information content (AvgIpc) is 2.89. The van der Waals surface area contributed by atoms with E-state index < -0.39 is 0 Å². The minimum Gasteiger partial charge on any atom is -0.317 e. The Balaban J connectivity index is 1.62. The molecular weight excluding hydrogens is 208 g/mol. The zero-order valence-electron chi connectivity index (χ0n) is 10.6. The summed E-state index contributed by atoms with van der Waals surface area (Å²) in [4.78, 5) is 2.63. The number of fused-ring (bicyclic) bond motifs is 1. The summed E-state index contributed by atoms with van der Waals surface area (Å²) >= 11 is 0. The van der Waals surface area contributed by atoms with Gasteiger partial charge in [0.15, 0.2) is 0 Å². The summed E-state index contributed by atoms with van der Waals surface area (Å²) in [7, 11) is 2.12. The number of hydrogen-bond acceptors (Lipinski definition) is 2. The monoisotopic (exact) mass is 230 g/mol. The maximum absolute atomic E-state index is 3.49. The van der Waals surface area contributed by atoms with Crippen LogP contribution in [0.5, 0.6) is 0 Å². The molecule has 3 atom stereocenters. The van der Waals surface area contributed by atoms with Crippen LogP contribution in [0.15, 0.2) is 30.3 Å². The molecule has 0 spiro atoms. The zero-order valence-corrected chi connectivity index (χ0v) is 10.6. The molecule has 2 heteroatoms. The lowest BCUT2D eigenvalue weighted by Crippen LogP contribution is -2.33. The van der Waals surface area contributed by atoms with Gasteiger partial charge in [0, 0.05) is 25.7 Å². The van der Waals surface area contributed by atoms with Crippen LogP contribution >= 0.6 is 0 Å². The SMILES string of the molecule is CNC1CCC2CN(Cc3ccccc3)CC21. The number of nitrogens with zero attached hydrogens (tertiary/aromatic N) is 1. The summed E-state index contributed by atoms with van der Waals surface area (Å²) < 4.78 is 0. The van der Waals surface area contributed by atoms with Gasteiger partial charge in [-0.25, -0.2) is 0 Å². The van der Waals surface area contributed by atoms with Gasteiger partial charge in [0.1, 0.15) is 0 Å². The maximum Gasteiger partial charge on any atom is 0.0233 e. The highest BCUT2D eigenvalue weighted by Crippen LogP contribution is 2.38. The molecule has 0 aromatic heterocycles. The van der Waals surface area contributed by atoms with Crippen molar-refractivity contribution in [2.24, 2.45) is 11.8 Å². The topological polar surface area (TPSA) is 15.3 Å². The second kappa shape index (κ2) is 4.79. The number of likely N-dealkylation sites (tertiary alicyclic amines) is 1. The van der Waals surface area contributed by atoms with Gasteiger partial charge in [0.05, 0.1) is 0 Å². The van der Waals surface area contributed by atoms with Gasteiger partial charge in [-0.3, -0.25) is 4.90 Å². The molecule has 2 nitrogen and oxygen atoms in total. The summed E-state index contributed by atoms with van der Waals surface area (Å²) in [6.45, 7) is 3.72. The Bertz CT molecular complexity index is 362. The van der Waals surface area contributed by atoms with Crippen molar-refractivity contribution in [3.8, 4) is 0 Å². The van der Waals surface area contributed by atoms with Crippen LogP contribution < -0.4 is 5.32 Å². The van der Waals surface area contributed by atoms with Crippen LogP contribution in [0.4, 0.5) is 0 Å². The van der Waals surface area contributed by atoms with Gasteiger partial charge in [0.2, 0.25) is 0 Å². The normalized spacial score (nSPS) is 32.9. The van der Waals surface area contributed by atoms with Gasteiger partial charge in [-0.05, 0) is 37.3 Å². The lowest BCUT2D eigenvalue weighted by atomic mass is 9.98. The largest absolute Gasteiger partial charge is 0.317 e. The van der Waals surface area contributed by atoms with Crippen molar-refractivity contribution in [2.45, 2.75) is 25.4 Å². The Kier molecular flexibility index (Phi) is 3.17. The first-order chi connectivity index (χ1) is 8.36. The molecule has 2 fully saturated rings. The zero-order chi connectivity index (χ0) is 11.7. The van der Waals surface area contributed by atoms with E-state index in [0.717, 1.165) is 24.4 Å². The summed E-state index contributed by atoms with van der Waals surface area (Å²) in [5.41, 5.74) is 1.45. The fourth-order valence-electron chi connectivity index (χ4n) is 3.69. The molecule has 0 radical (unpaired) electrons. The fourth-order valence-corrected chi connectivity index (χ4v) is 3.69. The van der Waals surface area contributed by atoms with E-state index >= 15 is 0 Å². The Labute approximate surface area is 104 Å². The Morgan fingerprint density at radius 3 is 2.76 bits per heavy atom. The highest BCUT2D eigenvalue weighted by molar-refractivity contribution is 5.15. The summed E-state index contributed by atoms with van der Waals surface area (Å²) in [5.74, 6) is 1.83. The van der Waals surface area contributed by atoms with E-state index in [1.54, 1.807) is 0 Å². The third-order valence-corrected chi connectivity index (χ3v) is 4.55. The Morgan fingerprint density at radius 2 is 2.00 bits per heavy atom. The van der Waals surface area contributed by atoms with Gasteiger partial charge in [-0.15, -0.1) is 0 Å². The third-order valence-electron chi connectivity index (χ3n) is 4.55. The molecule has 1 saturated carbocycles. The standard InChI is InChI=1S/C15H22N2/c1-16-15-8-7-13-10-17(11-14(13)15)9-12-5-3-2-4-6-12/h2-6,13-16H,7-11H2,1H3. The Hall–Kier alpha value is -0.860. The molecule has 1 N–H and O–H groups in total. The van der Waals surface area contributed by atoms with Crippen LogP contribution in [0, 0.1) is 11.8 Å². The third kappa shape index (κ3) is 2.24. The molecule has 1 aliphatic heterocycles. The van der Waals surface area contributed by atoms with Crippen LogP contribution in [-0.2, 0) is 6.54 Å². The van der Waals surface area contributed by atoms with Gasteiger partial charge in [0.25, 0.3) is 0 Å². The minimum atomic E-state index is 0.765. The van der Waals surface area contributed by atoms with Crippen molar-refractivity contribution in [1.29, 1.82) is 0 Å². The van der Waals surface area contributed by atoms with Gasteiger partial charge in [-0.1, -0.05) is 30.3 Å². The van der Waals surface area contributed by atoms with Crippen molar-refractivity contribution < 1.29 is 0 Å². The summed E-state index contributed by atoms with van der Waals surface area (Å²) in [5, 5.41) is 3.49. The van der Waals surface area contributed by atoms with Crippen LogP contribution in [0.3, 0.4) is 0 Å². The number of hydrogen-bond donors (Lipinski definition) is 1. The maximum atomic E-state index is 3.49. The average molecular weight is 230 g/mol. The number of benzene rings is 1. The molecule has 1 aliphatic carbocycles. The highest BCUT2D eigenvalue weighted by Gasteiger charge is 2.41. The van der Waals surface area contributed by atoms with Crippen molar-refractivity contribution in [3.63, 3.8) is 0 Å². The van der Waals surface area contributed by atoms with Crippen molar-refractivity contribution in [2.75, 3.05) is 20.1 Å². The van der Waals surface area contributed by atoms with E-state index in [4.69, 9.17) is 0 Å². The van der Waals surface area contributed by atoms with Crippen LogP contribution in [0.2, 0.25) is 0 Å². The number of rotatable bonds is 3. The second-order valence-electron chi connectivity index (χ2n) is 5.58. The molecule has 1 saturated heterocycles. The van der Waals surface area contributed by atoms with Crippen LogP contribution in [0.25, 0.3) is 0 Å². The molecular formula is C15H22N2. The molecule has 3 rings (SSSR count). The lowest BCUT2D eigenvalue weighted by molar-refractivity contribution is 0.292. The molecule has 92 valence electrons. The predicted molar refractivity (Wildman–Crippen MR) is 70.8 cm³/mol. The van der Waals surface area contributed by atoms with Crippen LogP contribution in [0.1, 0.15) is 18.4 Å². The van der Waals surface area contributed by atoms with Gasteiger partial charge < -0.3 is 5.32 Å². The highest BCUT2D eigenvalue weighted by atomic mass is 15.2. The van der Waals surface area contributed by atoms with Crippen molar-refractivity contribution in [3.05, 3.63) is 35.9 Å². The molecule has 1 aromatic carbocycles. The minimum absolute atomic E-state index is 0.765. The van der Waals surface area contributed by atoms with E-state index in [1.165, 1.54) is 31.5 Å². The van der Waals surface area contributed by atoms with Crippen LogP contribution in [-0.4, -0.2) is 31.1 Å². The molecule has 0 amide bonds. The predicted octanol–water partition coefficient (Wildman–Crippen LogP) is 2.12. The Morgan fingerprint density at radius 1 is 1.18 bits per heavy atom. The molecule has 0 bridgehead atoms. The first-order valence-electron chi connectivity index (χ1n) is 6.80.